The molecule has 4 saturated heterocycles. The Kier molecular flexibility index (Phi) is 11.9. The molecular weight excluding hydrogens is 875 g/mol. The van der Waals surface area contributed by atoms with E-state index in [1.807, 2.05) is 12.3 Å². The van der Waals surface area contributed by atoms with Crippen molar-refractivity contribution in [1.29, 1.82) is 0 Å². The smallest absolute Gasteiger partial charge is 0.324 e. The summed E-state index contributed by atoms with van der Waals surface area (Å²) in [4.78, 5) is 61.5. The zero-order chi connectivity index (χ0) is 47.4. The van der Waals surface area contributed by atoms with Crippen LogP contribution in [-0.2, 0) is 30.3 Å². The van der Waals surface area contributed by atoms with Crippen molar-refractivity contribution in [1.82, 2.24) is 45.0 Å². The number of amides is 2. The highest BCUT2D eigenvalue weighted by molar-refractivity contribution is 7.10. The van der Waals surface area contributed by atoms with Gasteiger partial charge in [0.1, 0.15) is 17.1 Å². The van der Waals surface area contributed by atoms with E-state index < -0.39 is 23.5 Å². The Bertz CT molecular complexity index is 2580. The van der Waals surface area contributed by atoms with Gasteiger partial charge in [-0.2, -0.15) is 0 Å². The third kappa shape index (κ3) is 8.00. The van der Waals surface area contributed by atoms with Crippen LogP contribution in [0.1, 0.15) is 108 Å². The minimum absolute atomic E-state index is 0.0324. The van der Waals surface area contributed by atoms with Crippen LogP contribution in [0.5, 0.6) is 0 Å². The third-order valence-electron chi connectivity index (χ3n) is 17.6. The van der Waals surface area contributed by atoms with Gasteiger partial charge in [-0.3, -0.25) is 34.2 Å². The van der Waals surface area contributed by atoms with Crippen LogP contribution in [0.3, 0.4) is 0 Å². The van der Waals surface area contributed by atoms with E-state index in [2.05, 4.69) is 108 Å². The Morgan fingerprint density at radius 2 is 1.81 bits per heavy atom. The normalized spacial score (nSPS) is 32.2. The predicted octanol–water partition coefficient (Wildman–Crippen LogP) is 6.88. The lowest BCUT2D eigenvalue weighted by Gasteiger charge is -2.55. The summed E-state index contributed by atoms with van der Waals surface area (Å²) in [6, 6.07) is 9.25. The van der Waals surface area contributed by atoms with Crippen LogP contribution in [0, 0.1) is 35.0 Å². The molecule has 6 fully saturated rings. The molecule has 10 atom stereocenters. The molecule has 15 heteroatoms. The van der Waals surface area contributed by atoms with E-state index in [0.717, 1.165) is 91.3 Å². The minimum atomic E-state index is -0.926. The number of likely N-dealkylation sites (tertiary alicyclic amines) is 3. The van der Waals surface area contributed by atoms with Gasteiger partial charge in [-0.1, -0.05) is 33.8 Å². The van der Waals surface area contributed by atoms with E-state index in [1.54, 1.807) is 23.5 Å². The molecule has 2 N–H and O–H groups in total. The van der Waals surface area contributed by atoms with Crippen LogP contribution < -0.4 is 10.7 Å². The fourth-order valence-electron chi connectivity index (χ4n) is 13.4. The lowest BCUT2D eigenvalue weighted by atomic mass is 9.84. The largest absolute Gasteiger partial charge is 0.464 e. The van der Waals surface area contributed by atoms with Crippen molar-refractivity contribution in [3.05, 3.63) is 58.2 Å². The molecule has 364 valence electrons. The third-order valence-corrected chi connectivity index (χ3v) is 18.5. The van der Waals surface area contributed by atoms with Gasteiger partial charge in [0.05, 0.1) is 35.8 Å². The summed E-state index contributed by atoms with van der Waals surface area (Å²) < 4.78 is 15.0. The number of aromatic nitrogens is 3. The van der Waals surface area contributed by atoms with Crippen molar-refractivity contribution in [3.63, 3.8) is 0 Å². The number of carbonyl (C=O) groups excluding carboxylic acids is 3. The van der Waals surface area contributed by atoms with Gasteiger partial charge in [-0.15, -0.1) is 11.3 Å². The van der Waals surface area contributed by atoms with Gasteiger partial charge in [0.2, 0.25) is 5.91 Å². The topological polar surface area (TPSA) is 137 Å². The first-order chi connectivity index (χ1) is 32.6. The number of likely N-dealkylation sites (N-methyl/N-ethyl adjacent to an activating group) is 1. The molecule has 4 aromatic rings. The summed E-state index contributed by atoms with van der Waals surface area (Å²) in [5.41, 5.74) is 10.2. The number of carbonyl (C=O) groups is 3. The number of hydrogen-bond donors (Lipinski definition) is 2. The summed E-state index contributed by atoms with van der Waals surface area (Å²) in [5, 5.41) is 9.02. The molecule has 7 aliphatic rings. The second-order valence-corrected chi connectivity index (χ2v) is 23.7. The number of nitrogens with one attached hydrogen (secondary N) is 2. The lowest BCUT2D eigenvalue weighted by Crippen LogP contribution is -2.70. The summed E-state index contributed by atoms with van der Waals surface area (Å²) in [7, 11) is 6.21. The van der Waals surface area contributed by atoms with Gasteiger partial charge in [-0.25, -0.2) is 10.4 Å². The number of pyridine rings is 1. The van der Waals surface area contributed by atoms with Crippen LogP contribution >= 0.6 is 11.3 Å². The van der Waals surface area contributed by atoms with Crippen LogP contribution in [-0.4, -0.2) is 137 Å². The minimum Gasteiger partial charge on any atom is -0.464 e. The highest BCUT2D eigenvalue weighted by Crippen LogP contribution is 2.51. The number of ether oxygens (including phenoxy) is 2. The number of thiazole rings is 1. The van der Waals surface area contributed by atoms with E-state index >= 15 is 4.79 Å². The number of hydrazine groups is 1. The number of fused-ring (bicyclic) bond motifs is 7. The molecule has 3 aromatic heterocycles. The zero-order valence-electron chi connectivity index (χ0n) is 41.3. The molecule has 5 aliphatic heterocycles. The number of methoxy groups -OCH3 is 1. The summed E-state index contributed by atoms with van der Waals surface area (Å²) in [6.45, 7) is 16.1. The molecule has 2 saturated carbocycles. The Morgan fingerprint density at radius 1 is 1.04 bits per heavy atom. The van der Waals surface area contributed by atoms with E-state index in [0.29, 0.717) is 43.7 Å². The number of nitrogens with zero attached hydrogens (tertiary/aromatic N) is 7. The predicted molar refractivity (Wildman–Crippen MR) is 263 cm³/mol. The molecule has 2 amide bonds. The Labute approximate surface area is 405 Å². The number of hydrogen-bond acceptors (Lipinski definition) is 12. The molecular formula is C53H71N9O5S. The molecule has 14 nitrogen and oxygen atoms in total. The Balaban J connectivity index is 1.08. The highest BCUT2D eigenvalue weighted by Gasteiger charge is 2.56. The maximum atomic E-state index is 15.2. The summed E-state index contributed by atoms with van der Waals surface area (Å²) in [5.74, 6) is 0.886. The van der Waals surface area contributed by atoms with Crippen molar-refractivity contribution in [2.45, 2.75) is 115 Å². The first-order valence-corrected chi connectivity index (χ1v) is 26.3. The SMILES string of the molecule is CO[C@@H](C)c1ncccc1-c1c2c3cc(ccc3n1C1C[C@@H]3CN(C)C[C@@H]3C1)-c1csc(n1)[C@@H](N1CC3(CCCN3C)C1)[C@H](NC(=O)C1[C@@H](C)[C@H]1C)C(=O)N1CCC[C@H](N1)C(=O)OCC(C)(C)C2. The van der Waals surface area contributed by atoms with Gasteiger partial charge >= 0.3 is 5.97 Å². The van der Waals surface area contributed by atoms with Crippen molar-refractivity contribution >= 4 is 40.0 Å². The molecule has 1 spiro atoms. The lowest BCUT2D eigenvalue weighted by molar-refractivity contribution is -0.156. The number of cyclic esters (lactones) is 1. The maximum Gasteiger partial charge on any atom is 0.324 e. The van der Waals surface area contributed by atoms with Crippen molar-refractivity contribution in [2.75, 3.05) is 67.1 Å². The number of esters is 1. The van der Waals surface area contributed by atoms with Crippen molar-refractivity contribution in [2.24, 2.45) is 35.0 Å². The van der Waals surface area contributed by atoms with E-state index in [9.17, 15) is 9.59 Å². The van der Waals surface area contributed by atoms with Gasteiger partial charge in [0.15, 0.2) is 0 Å². The van der Waals surface area contributed by atoms with Gasteiger partial charge in [-0.05, 0) is 126 Å². The average Bonchev–Trinajstić information content (AvgIpc) is 3.98. The second kappa shape index (κ2) is 17.6. The first-order valence-electron chi connectivity index (χ1n) is 25.4. The van der Waals surface area contributed by atoms with Crippen LogP contribution in [0.25, 0.3) is 33.4 Å². The zero-order valence-corrected chi connectivity index (χ0v) is 42.1. The number of rotatable bonds is 7. The molecule has 2 unspecified atom stereocenters. The standard InChI is InChI=1S/C53H71N9O5S/c1-30-31(2)43(30)48(63)56-45-47(60-27-53(28-60)16-11-18-59(53)7)49-55-41(26-68-49)33-14-15-42-38(22-33)39(23-52(4,5)29-67-51(65)40-13-10-19-61(57-40)50(45)64)46(37-12-9-17-54-44(37)32(3)66-8)62(42)36-20-34-24-58(6)25-35(34)21-36/h9,12,14-15,17,22,26,30-32,34-36,40,43,45,47,57H,10-11,13,16,18-21,23-25,27-29H2,1-8H3,(H,56,63)/t30-,31+,32-,34-,35+,36?,40-,43?,45-,47-/m0/s1. The van der Waals surface area contributed by atoms with Gasteiger partial charge < -0.3 is 24.3 Å². The maximum absolute atomic E-state index is 15.2. The number of benzene rings is 1. The van der Waals surface area contributed by atoms with Gasteiger partial charge in [0.25, 0.3) is 5.91 Å². The van der Waals surface area contributed by atoms with Crippen LogP contribution in [0.4, 0.5) is 0 Å². The van der Waals surface area contributed by atoms with Crippen molar-refractivity contribution in [3.8, 4) is 22.5 Å². The summed E-state index contributed by atoms with van der Waals surface area (Å²) in [6.07, 6.45) is 7.88. The Morgan fingerprint density at radius 3 is 2.51 bits per heavy atom. The van der Waals surface area contributed by atoms with E-state index in [4.69, 9.17) is 19.4 Å². The monoisotopic (exact) mass is 946 g/mol. The average molecular weight is 946 g/mol. The van der Waals surface area contributed by atoms with Crippen LogP contribution in [0.15, 0.2) is 41.9 Å². The summed E-state index contributed by atoms with van der Waals surface area (Å²) >= 11 is 1.57. The molecule has 8 heterocycles. The fraction of sp³-hybridized carbons (Fsp3) is 0.642. The van der Waals surface area contributed by atoms with Crippen LogP contribution in [0.2, 0.25) is 0 Å². The molecule has 0 radical (unpaired) electrons. The molecule has 2 aliphatic carbocycles. The van der Waals surface area contributed by atoms with Crippen molar-refractivity contribution < 1.29 is 23.9 Å². The van der Waals surface area contributed by atoms with E-state index in [-0.39, 0.29) is 53.8 Å². The fourth-order valence-corrected chi connectivity index (χ4v) is 14.4. The second-order valence-electron chi connectivity index (χ2n) is 22.8. The molecule has 1 aromatic carbocycles. The molecule has 11 rings (SSSR count). The molecule has 6 bridgehead atoms. The molecule has 68 heavy (non-hydrogen) atoms. The Hall–Kier alpha value is -4.25. The van der Waals surface area contributed by atoms with Gasteiger partial charge in [0, 0.05) is 96.4 Å². The highest BCUT2D eigenvalue weighted by atomic mass is 32.1. The van der Waals surface area contributed by atoms with E-state index in [1.165, 1.54) is 16.8 Å². The quantitative estimate of drug-likeness (QED) is 0.188. The first kappa shape index (κ1) is 46.2.